The van der Waals surface area contributed by atoms with Crippen LogP contribution in [0.5, 0.6) is 0 Å². The summed E-state index contributed by atoms with van der Waals surface area (Å²) in [6, 6.07) is 42.6. The molecule has 130 heavy (non-hydrogen) atoms. The van der Waals surface area contributed by atoms with Gasteiger partial charge in [0.1, 0.15) is 0 Å². The van der Waals surface area contributed by atoms with Gasteiger partial charge in [0.05, 0.1) is 64.4 Å². The zero-order valence-corrected chi connectivity index (χ0v) is 78.5. The summed E-state index contributed by atoms with van der Waals surface area (Å²) in [6.07, 6.45) is 33.2. The van der Waals surface area contributed by atoms with E-state index >= 15 is 0 Å². The molecule has 6 amide bonds. The second-order valence-corrected chi connectivity index (χ2v) is 38.8. The number of nitrogens with one attached hydrogen (secondary N) is 2. The standard InChI is InChI=1S/C104H120N12O12S2/c1-13-113-85-53-47-75(129-128-127-123)67-81(85)103(7,8)89(113)43-27-17-25-41-87-101(3,4)83-65-73(71-37-21-15-22-38-71)69-111(95(83)107-87)61-31-19-29-45-91(117)105-55-33-57-109(11)59-35-63-115-97(119)77-49-51-79-94-80(52-50-78(93(77)94)98(115)120)100(122)116(99(79)121)64-36-60-110(12)58-34-56-106-92(118)46-30-20-32-62-112-70-74(72-39-23-16-24-40-72)66-84-96(112)108-88(102(84,5)6)42-26-18-28-44-90-104(9,10)82-68-76(130(124,125)126)48-54-86(82)114(90)14-2/h15-18,21-28,37-44,47-54,65-70H,13-14,19-20,29-36,45-46,55-64H2,1-12H3,(H2-2,105,106,117,118,123,124,125,126)/p+2. The topological polar surface area (TPSA) is 271 Å². The Labute approximate surface area is 768 Å². The lowest BCUT2D eigenvalue weighted by Crippen LogP contribution is -2.44. The van der Waals surface area contributed by atoms with Gasteiger partial charge >= 0.3 is 11.6 Å². The van der Waals surface area contributed by atoms with Crippen LogP contribution in [0, 0.1) is 0 Å². The summed E-state index contributed by atoms with van der Waals surface area (Å²) < 4.78 is 43.2. The number of carbonyl (C=O) groups excluding carboxylic acids is 6. The fourth-order valence-corrected chi connectivity index (χ4v) is 19.9. The van der Waals surface area contributed by atoms with Crippen LogP contribution in [0.1, 0.15) is 210 Å². The van der Waals surface area contributed by atoms with Gasteiger partial charge in [0.2, 0.25) is 11.8 Å². The number of carbonyl (C=O) groups is 6. The molecule has 8 heterocycles. The molecule has 680 valence electrons. The van der Waals surface area contributed by atoms with Crippen LogP contribution in [0.4, 0.5) is 23.0 Å². The van der Waals surface area contributed by atoms with Crippen LogP contribution in [0.15, 0.2) is 238 Å². The summed E-state index contributed by atoms with van der Waals surface area (Å²) in [5.41, 5.74) is 14.5. The third kappa shape index (κ3) is 20.3. The van der Waals surface area contributed by atoms with Crippen molar-refractivity contribution in [1.29, 1.82) is 0 Å². The van der Waals surface area contributed by atoms with Gasteiger partial charge in [-0.2, -0.15) is 8.42 Å². The van der Waals surface area contributed by atoms with Gasteiger partial charge in [-0.15, -0.1) is 4.33 Å². The Morgan fingerprint density at radius 2 is 0.877 bits per heavy atom. The SMILES string of the molecule is CCN1C(=CC=CC=CC2=Nc3c(cc(-c4ccccc4)c[n+]3CCCCCC(=O)NCCCN(C)CCCN3C(=O)c4ccc5c6c(ccc(c46)C3=O)C(=O)N(CCCN(C)CCCNC(=O)CCCCC[n+]3cc(-c4ccccc4)cc4c3N=C(C=CC=CC=C3N(CC)c6ccc(S(=O)(=O)O)cc6C3(C)C)C4(C)C)C5=O)C2(C)C)C(C)(C)c2cc(SOOO)ccc21. The first kappa shape index (κ1) is 94.7. The van der Waals surface area contributed by atoms with Crippen molar-refractivity contribution in [2.75, 3.05) is 89.3 Å². The van der Waals surface area contributed by atoms with Crippen LogP contribution in [-0.4, -0.2) is 164 Å². The number of rotatable bonds is 42. The van der Waals surface area contributed by atoms with E-state index in [2.05, 4.69) is 229 Å². The molecule has 0 fully saturated rings. The van der Waals surface area contributed by atoms with Gasteiger partial charge in [-0.3, -0.25) is 43.1 Å². The molecule has 6 aliphatic rings. The molecule has 0 saturated carbocycles. The molecule has 4 N–H and O–H groups in total. The lowest BCUT2D eigenvalue weighted by atomic mass is 9.81. The number of amides is 6. The molecule has 0 atom stereocenters. The molecular formula is C104H122N12O12S2+2. The maximum absolute atomic E-state index is 14.2. The molecule has 26 heteroatoms. The molecule has 0 bridgehead atoms. The van der Waals surface area contributed by atoms with E-state index < -0.39 is 44.6 Å². The Kier molecular flexibility index (Phi) is 29.8. The first-order valence-electron chi connectivity index (χ1n) is 45.6. The number of aromatic nitrogens is 2. The Balaban J connectivity index is 0.480. The Morgan fingerprint density at radius 1 is 0.469 bits per heavy atom. The number of likely N-dealkylation sites (N-methyl/N-ethyl adjacent to an activating group) is 2. The minimum atomic E-state index is -4.36. The van der Waals surface area contributed by atoms with E-state index in [0.29, 0.717) is 88.7 Å². The monoisotopic (exact) mass is 1790 g/mol. The van der Waals surface area contributed by atoms with Crippen molar-refractivity contribution >= 4 is 103 Å². The van der Waals surface area contributed by atoms with Crippen LogP contribution in [-0.2, 0) is 63.8 Å². The smallest absolute Gasteiger partial charge is 0.327 e. The van der Waals surface area contributed by atoms with Crippen molar-refractivity contribution in [2.24, 2.45) is 9.98 Å². The number of benzene rings is 6. The zero-order chi connectivity index (χ0) is 92.4. The van der Waals surface area contributed by atoms with Crippen molar-refractivity contribution in [2.45, 2.75) is 191 Å². The van der Waals surface area contributed by atoms with Crippen LogP contribution in [0.25, 0.3) is 33.0 Å². The lowest BCUT2D eigenvalue weighted by Gasteiger charge is -2.32. The van der Waals surface area contributed by atoms with Gasteiger partial charge in [-0.05, 0) is 275 Å². The van der Waals surface area contributed by atoms with Crippen LogP contribution >= 0.6 is 12.0 Å². The second kappa shape index (κ2) is 40.9. The number of anilines is 2. The summed E-state index contributed by atoms with van der Waals surface area (Å²) in [6.45, 7) is 28.6. The van der Waals surface area contributed by atoms with E-state index in [9.17, 15) is 41.7 Å². The lowest BCUT2D eigenvalue weighted by molar-refractivity contribution is -0.684. The zero-order valence-electron chi connectivity index (χ0n) is 76.9. The summed E-state index contributed by atoms with van der Waals surface area (Å²) in [4.78, 5) is 106. The number of pyridine rings is 2. The summed E-state index contributed by atoms with van der Waals surface area (Å²) in [7, 11) is -0.392. The Bertz CT molecular complexity index is 5900. The minimum absolute atomic E-state index is 0.00626. The highest BCUT2D eigenvalue weighted by Crippen LogP contribution is 2.51. The Morgan fingerprint density at radius 3 is 1.28 bits per heavy atom. The molecule has 24 nitrogen and oxygen atoms in total. The molecular weight excluding hydrogens is 1670 g/mol. The van der Waals surface area contributed by atoms with Gasteiger partial charge in [-0.25, -0.2) is 14.4 Å². The molecule has 6 aliphatic heterocycles. The normalized spacial score (nSPS) is 17.0. The third-order valence-corrected chi connectivity index (χ3v) is 27.8. The van der Waals surface area contributed by atoms with E-state index in [1.54, 1.807) is 36.4 Å². The number of nitrogens with zero attached hydrogens (tertiary/aromatic N) is 10. The maximum atomic E-state index is 14.2. The summed E-state index contributed by atoms with van der Waals surface area (Å²) in [5.74, 6) is 0.0424. The molecule has 0 saturated heterocycles. The van der Waals surface area contributed by atoms with Crippen molar-refractivity contribution in [3.8, 4) is 22.3 Å². The van der Waals surface area contributed by atoms with E-state index in [-0.39, 0.29) is 62.9 Å². The van der Waals surface area contributed by atoms with Gasteiger partial charge < -0.3 is 30.2 Å². The quantitative estimate of drug-likeness (QED) is 0.00405. The number of hydrogen-bond donors (Lipinski definition) is 4. The number of fused-ring (bicyclic) bond motifs is 4. The third-order valence-electron chi connectivity index (χ3n) is 26.4. The van der Waals surface area contributed by atoms with Crippen molar-refractivity contribution in [1.82, 2.24) is 30.2 Å². The molecule has 0 aliphatic carbocycles. The molecule has 2 aromatic heterocycles. The Hall–Kier alpha value is -11.5. The van der Waals surface area contributed by atoms with Crippen LogP contribution in [0.3, 0.4) is 0 Å². The molecule has 0 unspecified atom stereocenters. The fraction of sp³-hybridized carbons (Fsp3) is 0.385. The molecule has 6 aromatic carbocycles. The predicted octanol–water partition coefficient (Wildman–Crippen LogP) is 18.1. The highest BCUT2D eigenvalue weighted by atomic mass is 32.2. The van der Waals surface area contributed by atoms with Crippen LogP contribution < -0.4 is 29.6 Å². The maximum Gasteiger partial charge on any atom is 0.327 e. The average molecular weight is 1800 g/mol. The van der Waals surface area contributed by atoms with Gasteiger partial charge in [0.15, 0.2) is 11.4 Å². The van der Waals surface area contributed by atoms with E-state index in [4.69, 9.17) is 19.6 Å². The molecule has 14 rings (SSSR count). The number of unbranched alkanes of at least 4 members (excludes halogenated alkanes) is 4. The number of imide groups is 2. The second-order valence-electron chi connectivity index (χ2n) is 36.6. The number of hydrogen-bond acceptors (Lipinski definition) is 18. The predicted molar refractivity (Wildman–Crippen MR) is 514 cm³/mol. The van der Waals surface area contributed by atoms with Crippen molar-refractivity contribution in [3.63, 3.8) is 0 Å². The van der Waals surface area contributed by atoms with Gasteiger partial charge in [0, 0.05) is 135 Å². The minimum Gasteiger partial charge on any atom is -0.356 e. The van der Waals surface area contributed by atoms with Crippen molar-refractivity contribution < 1.29 is 65.5 Å². The van der Waals surface area contributed by atoms with E-state index in [1.165, 1.54) is 21.6 Å². The van der Waals surface area contributed by atoms with E-state index in [0.717, 1.165) is 166 Å². The van der Waals surface area contributed by atoms with Crippen molar-refractivity contribution in [3.05, 3.63) is 263 Å². The average Bonchev–Trinajstić information content (AvgIpc) is 1.68. The number of aliphatic imine (C=N–C) groups is 2. The highest BCUT2D eigenvalue weighted by Gasteiger charge is 2.47. The molecule has 0 spiro atoms. The summed E-state index contributed by atoms with van der Waals surface area (Å²) >= 11 is 0.959. The van der Waals surface area contributed by atoms with Crippen LogP contribution in [0.2, 0.25) is 0 Å². The first-order chi connectivity index (χ1) is 62.4. The summed E-state index contributed by atoms with van der Waals surface area (Å²) in [5, 5.41) is 19.5. The fourth-order valence-electron chi connectivity index (χ4n) is 19.0. The first-order valence-corrected chi connectivity index (χ1v) is 47.8. The van der Waals surface area contributed by atoms with E-state index in [1.807, 2.05) is 62.7 Å². The largest absolute Gasteiger partial charge is 0.356 e. The molecule has 8 aromatic rings. The van der Waals surface area contributed by atoms with Gasteiger partial charge in [0.25, 0.3) is 33.7 Å². The highest BCUT2D eigenvalue weighted by molar-refractivity contribution is 7.94. The number of allylic oxidation sites excluding steroid dienone is 12. The number of aryl methyl sites for hydroxylation is 2. The van der Waals surface area contributed by atoms with Gasteiger partial charge in [-0.1, -0.05) is 130 Å². The molecule has 0 radical (unpaired) electrons.